The number of para-hydroxylation sites is 1. The second kappa shape index (κ2) is 6.42. The molecule has 22 heavy (non-hydrogen) atoms. The van der Waals surface area contributed by atoms with Crippen molar-refractivity contribution in [2.45, 2.75) is 39.5 Å². The lowest BCUT2D eigenvalue weighted by Crippen LogP contribution is -2.15. The standard InChI is InChI=1S/C16H18F3NO2/c1-4-9-21-14-13(16(17,18)19)11-7-5-6-8-12(11)20-15(14)22-10(2)3/h5-8,10H,4,9H2,1-3H3. The summed E-state index contributed by atoms with van der Waals surface area (Å²) in [6.45, 7) is 5.45. The monoisotopic (exact) mass is 313 g/mol. The largest absolute Gasteiger partial charge is 0.488 e. The van der Waals surface area contributed by atoms with Crippen LogP contribution in [0.3, 0.4) is 0 Å². The molecule has 6 heteroatoms. The number of pyridine rings is 1. The van der Waals surface area contributed by atoms with Gasteiger partial charge in [0.25, 0.3) is 5.88 Å². The average Bonchev–Trinajstić information content (AvgIpc) is 2.42. The number of nitrogens with zero attached hydrogens (tertiary/aromatic N) is 1. The predicted octanol–water partition coefficient (Wildman–Crippen LogP) is 4.83. The summed E-state index contributed by atoms with van der Waals surface area (Å²) in [5, 5.41) is 0.0113. The van der Waals surface area contributed by atoms with E-state index in [0.29, 0.717) is 6.42 Å². The van der Waals surface area contributed by atoms with Gasteiger partial charge in [-0.15, -0.1) is 0 Å². The van der Waals surface area contributed by atoms with Crippen molar-refractivity contribution in [2.24, 2.45) is 0 Å². The third kappa shape index (κ3) is 3.43. The molecule has 0 radical (unpaired) electrons. The Morgan fingerprint density at radius 3 is 2.45 bits per heavy atom. The summed E-state index contributed by atoms with van der Waals surface area (Å²) < 4.78 is 51.5. The van der Waals surface area contributed by atoms with E-state index in [0.717, 1.165) is 0 Å². The quantitative estimate of drug-likeness (QED) is 0.792. The summed E-state index contributed by atoms with van der Waals surface area (Å²) in [5.74, 6) is -0.448. The van der Waals surface area contributed by atoms with Crippen LogP contribution in [-0.2, 0) is 6.18 Å². The topological polar surface area (TPSA) is 31.4 Å². The van der Waals surface area contributed by atoms with Gasteiger partial charge in [-0.1, -0.05) is 25.1 Å². The van der Waals surface area contributed by atoms with Crippen molar-refractivity contribution < 1.29 is 22.6 Å². The van der Waals surface area contributed by atoms with Gasteiger partial charge in [0.2, 0.25) is 0 Å². The molecule has 0 spiro atoms. The highest BCUT2D eigenvalue weighted by molar-refractivity contribution is 5.86. The minimum Gasteiger partial charge on any atom is -0.488 e. The Kier molecular flexibility index (Phi) is 4.78. The van der Waals surface area contributed by atoms with Crippen molar-refractivity contribution in [3.8, 4) is 11.6 Å². The maximum Gasteiger partial charge on any atom is 0.420 e. The van der Waals surface area contributed by atoms with E-state index < -0.39 is 11.7 Å². The van der Waals surface area contributed by atoms with Crippen LogP contribution in [0.5, 0.6) is 11.6 Å². The van der Waals surface area contributed by atoms with E-state index in [2.05, 4.69) is 4.98 Å². The van der Waals surface area contributed by atoms with E-state index in [4.69, 9.17) is 9.47 Å². The van der Waals surface area contributed by atoms with Crippen molar-refractivity contribution in [1.82, 2.24) is 4.98 Å². The predicted molar refractivity (Wildman–Crippen MR) is 78.3 cm³/mol. The van der Waals surface area contributed by atoms with Crippen LogP contribution in [0.15, 0.2) is 24.3 Å². The number of halogens is 3. The first-order valence-corrected chi connectivity index (χ1v) is 7.14. The number of aromatic nitrogens is 1. The lowest BCUT2D eigenvalue weighted by atomic mass is 10.1. The summed E-state index contributed by atoms with van der Waals surface area (Å²) in [6.07, 6.45) is -4.27. The van der Waals surface area contributed by atoms with E-state index in [1.165, 1.54) is 12.1 Å². The first kappa shape index (κ1) is 16.4. The van der Waals surface area contributed by atoms with Gasteiger partial charge in [-0.2, -0.15) is 13.2 Å². The Hall–Kier alpha value is -1.98. The lowest BCUT2D eigenvalue weighted by molar-refractivity contribution is -0.137. The van der Waals surface area contributed by atoms with Crippen LogP contribution < -0.4 is 9.47 Å². The molecule has 1 aromatic heterocycles. The van der Waals surface area contributed by atoms with E-state index in [1.807, 2.05) is 6.92 Å². The minimum atomic E-state index is -4.55. The number of benzene rings is 1. The van der Waals surface area contributed by atoms with E-state index in [-0.39, 0.29) is 35.2 Å². The number of alkyl halides is 3. The molecule has 1 aromatic carbocycles. The zero-order valence-electron chi connectivity index (χ0n) is 12.7. The van der Waals surface area contributed by atoms with Crippen LogP contribution in [0.4, 0.5) is 13.2 Å². The van der Waals surface area contributed by atoms with Gasteiger partial charge in [-0.25, -0.2) is 4.98 Å². The molecule has 0 amide bonds. The minimum absolute atomic E-state index is 0.0113. The maximum atomic E-state index is 13.6. The van der Waals surface area contributed by atoms with Crippen molar-refractivity contribution in [1.29, 1.82) is 0 Å². The smallest absolute Gasteiger partial charge is 0.420 e. The fourth-order valence-corrected chi connectivity index (χ4v) is 2.09. The summed E-state index contributed by atoms with van der Waals surface area (Å²) in [7, 11) is 0. The number of fused-ring (bicyclic) bond motifs is 1. The molecule has 2 rings (SSSR count). The third-order valence-electron chi connectivity index (χ3n) is 2.90. The van der Waals surface area contributed by atoms with Crippen molar-refractivity contribution in [2.75, 3.05) is 6.61 Å². The van der Waals surface area contributed by atoms with Crippen LogP contribution in [-0.4, -0.2) is 17.7 Å². The molecule has 0 aliphatic carbocycles. The number of hydrogen-bond donors (Lipinski definition) is 0. The van der Waals surface area contributed by atoms with Gasteiger partial charge in [-0.05, 0) is 26.3 Å². The molecule has 0 atom stereocenters. The Morgan fingerprint density at radius 2 is 1.86 bits per heavy atom. The second-order valence-corrected chi connectivity index (χ2v) is 5.15. The fourth-order valence-electron chi connectivity index (χ4n) is 2.09. The van der Waals surface area contributed by atoms with Crippen LogP contribution in [0, 0.1) is 0 Å². The summed E-state index contributed by atoms with van der Waals surface area (Å²) in [5.41, 5.74) is -0.600. The lowest BCUT2D eigenvalue weighted by Gasteiger charge is -2.20. The van der Waals surface area contributed by atoms with E-state index in [1.54, 1.807) is 26.0 Å². The molecular weight excluding hydrogens is 295 g/mol. The van der Waals surface area contributed by atoms with Gasteiger partial charge in [-0.3, -0.25) is 0 Å². The fraction of sp³-hybridized carbons (Fsp3) is 0.438. The third-order valence-corrected chi connectivity index (χ3v) is 2.90. The van der Waals surface area contributed by atoms with Crippen molar-refractivity contribution in [3.05, 3.63) is 29.8 Å². The van der Waals surface area contributed by atoms with E-state index in [9.17, 15) is 13.2 Å². The van der Waals surface area contributed by atoms with Gasteiger partial charge in [0.15, 0.2) is 5.75 Å². The molecule has 2 aromatic rings. The maximum absolute atomic E-state index is 13.6. The van der Waals surface area contributed by atoms with Gasteiger partial charge in [0, 0.05) is 5.39 Å². The first-order chi connectivity index (χ1) is 10.3. The van der Waals surface area contributed by atoms with Gasteiger partial charge < -0.3 is 9.47 Å². The average molecular weight is 313 g/mol. The number of hydrogen-bond acceptors (Lipinski definition) is 3. The first-order valence-electron chi connectivity index (χ1n) is 7.14. The molecule has 0 aliphatic heterocycles. The normalized spacial score (nSPS) is 12.0. The highest BCUT2D eigenvalue weighted by atomic mass is 19.4. The van der Waals surface area contributed by atoms with Crippen LogP contribution in [0.25, 0.3) is 10.9 Å². The molecule has 0 N–H and O–H groups in total. The Morgan fingerprint density at radius 1 is 1.18 bits per heavy atom. The van der Waals surface area contributed by atoms with Crippen LogP contribution >= 0.6 is 0 Å². The zero-order valence-corrected chi connectivity index (χ0v) is 12.7. The molecule has 0 saturated heterocycles. The number of rotatable bonds is 5. The molecule has 120 valence electrons. The zero-order chi connectivity index (χ0) is 16.3. The molecular formula is C16H18F3NO2. The summed E-state index contributed by atoms with van der Waals surface area (Å²) >= 11 is 0. The van der Waals surface area contributed by atoms with Gasteiger partial charge >= 0.3 is 6.18 Å². The molecule has 0 bridgehead atoms. The van der Waals surface area contributed by atoms with E-state index >= 15 is 0 Å². The molecule has 0 fully saturated rings. The van der Waals surface area contributed by atoms with Crippen molar-refractivity contribution >= 4 is 10.9 Å². The van der Waals surface area contributed by atoms with Gasteiger partial charge in [0.05, 0.1) is 18.2 Å². The summed E-state index contributed by atoms with van der Waals surface area (Å²) in [4.78, 5) is 4.20. The van der Waals surface area contributed by atoms with Gasteiger partial charge in [0.1, 0.15) is 5.56 Å². The van der Waals surface area contributed by atoms with Crippen LogP contribution in [0.1, 0.15) is 32.8 Å². The second-order valence-electron chi connectivity index (χ2n) is 5.15. The Balaban J connectivity index is 2.75. The van der Waals surface area contributed by atoms with Crippen molar-refractivity contribution in [3.63, 3.8) is 0 Å². The SMILES string of the molecule is CCCOc1c(OC(C)C)nc2ccccc2c1C(F)(F)F. The molecule has 1 heterocycles. The molecule has 0 aliphatic rings. The molecule has 0 saturated carbocycles. The van der Waals surface area contributed by atoms with Crippen LogP contribution in [0.2, 0.25) is 0 Å². The highest BCUT2D eigenvalue weighted by Crippen LogP contribution is 2.45. The highest BCUT2D eigenvalue weighted by Gasteiger charge is 2.39. The number of ether oxygens (including phenoxy) is 2. The Bertz CT molecular complexity index is 654. The summed E-state index contributed by atoms with van der Waals surface area (Å²) in [6, 6.07) is 6.11. The molecule has 0 unspecified atom stereocenters. The Labute approximate surface area is 127 Å². The molecule has 3 nitrogen and oxygen atoms in total.